The van der Waals surface area contributed by atoms with Gasteiger partial charge < -0.3 is 25.5 Å². The molecule has 2 amide bonds. The van der Waals surface area contributed by atoms with E-state index in [9.17, 15) is 24.9 Å². The third kappa shape index (κ3) is 3.69. The third-order valence-corrected chi connectivity index (χ3v) is 4.33. The van der Waals surface area contributed by atoms with Crippen LogP contribution in [0, 0.1) is 0 Å². The number of hydrogen-bond acceptors (Lipinski definition) is 6. The van der Waals surface area contributed by atoms with Gasteiger partial charge in [-0.2, -0.15) is 0 Å². The highest BCUT2D eigenvalue weighted by molar-refractivity contribution is 5.96. The van der Waals surface area contributed by atoms with E-state index in [0.717, 1.165) is 12.1 Å². The van der Waals surface area contributed by atoms with Crippen LogP contribution >= 0.6 is 0 Å². The molecule has 0 bridgehead atoms. The Kier molecular flexibility index (Phi) is 4.92. The molecule has 0 aliphatic carbocycles. The number of nitrogens with zero attached hydrogens (tertiary/aromatic N) is 2. The quantitative estimate of drug-likeness (QED) is 0.613. The van der Waals surface area contributed by atoms with Crippen molar-refractivity contribution < 1.29 is 24.9 Å². The zero-order chi connectivity index (χ0) is 18.7. The predicted octanol–water partition coefficient (Wildman–Crippen LogP) is 1.23. The zero-order valence-electron chi connectivity index (χ0n) is 13.9. The van der Waals surface area contributed by atoms with Gasteiger partial charge in [0.2, 0.25) is 0 Å². The van der Waals surface area contributed by atoms with E-state index in [0.29, 0.717) is 31.6 Å². The Hall–Kier alpha value is -3.29. The van der Waals surface area contributed by atoms with Crippen molar-refractivity contribution in [3.63, 3.8) is 0 Å². The smallest absolute Gasteiger partial charge is 0.272 e. The normalized spacial score (nSPS) is 14.8. The summed E-state index contributed by atoms with van der Waals surface area (Å²) < 4.78 is 0. The molecule has 1 fully saturated rings. The summed E-state index contributed by atoms with van der Waals surface area (Å²) in [6, 6.07) is 7.22. The van der Waals surface area contributed by atoms with Crippen molar-refractivity contribution in [1.82, 2.24) is 15.2 Å². The Morgan fingerprint density at radius 3 is 2.31 bits per heavy atom. The fourth-order valence-corrected chi connectivity index (χ4v) is 2.88. The van der Waals surface area contributed by atoms with Gasteiger partial charge in [-0.25, -0.2) is 0 Å². The number of rotatable bonds is 3. The Labute approximate surface area is 149 Å². The van der Waals surface area contributed by atoms with Crippen molar-refractivity contribution in [2.45, 2.75) is 18.9 Å². The van der Waals surface area contributed by atoms with Crippen LogP contribution in [0.1, 0.15) is 33.7 Å². The summed E-state index contributed by atoms with van der Waals surface area (Å²) in [7, 11) is 0. The molecule has 136 valence electrons. The van der Waals surface area contributed by atoms with Crippen LogP contribution < -0.4 is 5.32 Å². The molecule has 26 heavy (non-hydrogen) atoms. The standard InChI is InChI=1S/C18H19N3O5/c22-14-9-11(10-15(23)16(14)24)17(25)20-12-4-7-21(8-5-12)18(26)13-3-1-2-6-19-13/h1-3,6,9-10,12,22-24H,4-5,7-8H2,(H,20,25). The summed E-state index contributed by atoms with van der Waals surface area (Å²) in [6.45, 7) is 0.985. The number of carbonyl (C=O) groups is 2. The molecule has 0 unspecified atom stereocenters. The molecule has 1 aromatic carbocycles. The Balaban J connectivity index is 1.57. The highest BCUT2D eigenvalue weighted by atomic mass is 16.3. The van der Waals surface area contributed by atoms with E-state index in [4.69, 9.17) is 0 Å². The molecule has 1 aromatic heterocycles. The number of amides is 2. The van der Waals surface area contributed by atoms with E-state index >= 15 is 0 Å². The van der Waals surface area contributed by atoms with Crippen molar-refractivity contribution in [2.24, 2.45) is 0 Å². The molecule has 4 N–H and O–H groups in total. The summed E-state index contributed by atoms with van der Waals surface area (Å²) in [5, 5.41) is 31.1. The lowest BCUT2D eigenvalue weighted by molar-refractivity contribution is 0.0692. The summed E-state index contributed by atoms with van der Waals surface area (Å²) in [5.74, 6) is -2.39. The molecular formula is C18H19N3O5. The summed E-state index contributed by atoms with van der Waals surface area (Å²) in [5.41, 5.74) is 0.440. The van der Waals surface area contributed by atoms with Crippen molar-refractivity contribution in [2.75, 3.05) is 13.1 Å². The maximum Gasteiger partial charge on any atom is 0.272 e. The molecule has 0 saturated carbocycles. The molecule has 3 rings (SSSR count). The van der Waals surface area contributed by atoms with E-state index in [-0.39, 0.29) is 17.5 Å². The van der Waals surface area contributed by atoms with Gasteiger partial charge in [0.1, 0.15) is 5.69 Å². The molecule has 8 nitrogen and oxygen atoms in total. The summed E-state index contributed by atoms with van der Waals surface area (Å²) >= 11 is 0. The lowest BCUT2D eigenvalue weighted by Crippen LogP contribution is -2.46. The highest BCUT2D eigenvalue weighted by Gasteiger charge is 2.25. The van der Waals surface area contributed by atoms with E-state index in [1.165, 1.54) is 0 Å². The largest absolute Gasteiger partial charge is 0.504 e. The van der Waals surface area contributed by atoms with Gasteiger partial charge in [0.15, 0.2) is 17.2 Å². The van der Waals surface area contributed by atoms with Gasteiger partial charge in [-0.1, -0.05) is 6.07 Å². The molecule has 2 aromatic rings. The number of nitrogens with one attached hydrogen (secondary N) is 1. The number of carbonyl (C=O) groups excluding carboxylic acids is 2. The second-order valence-electron chi connectivity index (χ2n) is 6.12. The van der Waals surface area contributed by atoms with Crippen LogP contribution in [0.15, 0.2) is 36.5 Å². The fourth-order valence-electron chi connectivity index (χ4n) is 2.88. The van der Waals surface area contributed by atoms with Gasteiger partial charge in [-0.3, -0.25) is 14.6 Å². The first-order valence-electron chi connectivity index (χ1n) is 8.22. The van der Waals surface area contributed by atoms with Crippen LogP contribution in [-0.2, 0) is 0 Å². The zero-order valence-corrected chi connectivity index (χ0v) is 13.9. The second-order valence-corrected chi connectivity index (χ2v) is 6.12. The number of pyridine rings is 1. The van der Waals surface area contributed by atoms with Crippen LogP contribution in [0.4, 0.5) is 0 Å². The number of aromatic nitrogens is 1. The number of benzene rings is 1. The monoisotopic (exact) mass is 357 g/mol. The fraction of sp³-hybridized carbons (Fsp3) is 0.278. The third-order valence-electron chi connectivity index (χ3n) is 4.33. The van der Waals surface area contributed by atoms with E-state index in [1.54, 1.807) is 29.3 Å². The molecule has 1 saturated heterocycles. The first-order valence-corrected chi connectivity index (χ1v) is 8.22. The molecule has 1 aliphatic heterocycles. The number of piperidine rings is 1. The minimum Gasteiger partial charge on any atom is -0.504 e. The Bertz CT molecular complexity index is 794. The number of phenols is 3. The average molecular weight is 357 g/mol. The molecule has 2 heterocycles. The minimum absolute atomic E-state index is 0.0461. The molecule has 8 heteroatoms. The van der Waals surface area contributed by atoms with Gasteiger partial charge >= 0.3 is 0 Å². The Morgan fingerprint density at radius 1 is 1.08 bits per heavy atom. The molecule has 0 radical (unpaired) electrons. The maximum atomic E-state index is 12.4. The van der Waals surface area contributed by atoms with Gasteiger partial charge in [-0.15, -0.1) is 0 Å². The van der Waals surface area contributed by atoms with Crippen molar-refractivity contribution in [3.8, 4) is 17.2 Å². The van der Waals surface area contributed by atoms with Gasteiger partial charge in [0.05, 0.1) is 0 Å². The summed E-state index contributed by atoms with van der Waals surface area (Å²) in [6.07, 6.45) is 2.74. The first kappa shape index (κ1) is 17.5. The lowest BCUT2D eigenvalue weighted by atomic mass is 10.0. The lowest BCUT2D eigenvalue weighted by Gasteiger charge is -2.32. The highest BCUT2D eigenvalue weighted by Crippen LogP contribution is 2.35. The second kappa shape index (κ2) is 7.30. The summed E-state index contributed by atoms with van der Waals surface area (Å²) in [4.78, 5) is 30.4. The molecule has 0 spiro atoms. The van der Waals surface area contributed by atoms with Gasteiger partial charge in [0, 0.05) is 30.9 Å². The SMILES string of the molecule is O=C(NC1CCN(C(=O)c2ccccn2)CC1)c1cc(O)c(O)c(O)c1. The van der Waals surface area contributed by atoms with E-state index in [1.807, 2.05) is 0 Å². The first-order chi connectivity index (χ1) is 12.5. The average Bonchev–Trinajstić information content (AvgIpc) is 2.66. The number of aromatic hydroxyl groups is 3. The van der Waals surface area contributed by atoms with Gasteiger partial charge in [0.25, 0.3) is 11.8 Å². The van der Waals surface area contributed by atoms with E-state index in [2.05, 4.69) is 10.3 Å². The van der Waals surface area contributed by atoms with Crippen molar-refractivity contribution in [3.05, 3.63) is 47.8 Å². The van der Waals surface area contributed by atoms with Crippen LogP contribution in [0.5, 0.6) is 17.2 Å². The topological polar surface area (TPSA) is 123 Å². The Morgan fingerprint density at radius 2 is 1.73 bits per heavy atom. The molecular weight excluding hydrogens is 338 g/mol. The van der Waals surface area contributed by atoms with Gasteiger partial charge in [-0.05, 0) is 37.1 Å². The van der Waals surface area contributed by atoms with Crippen molar-refractivity contribution in [1.29, 1.82) is 0 Å². The maximum absolute atomic E-state index is 12.4. The number of hydrogen-bond donors (Lipinski definition) is 4. The van der Waals surface area contributed by atoms with E-state index < -0.39 is 23.2 Å². The van der Waals surface area contributed by atoms with Crippen LogP contribution in [0.25, 0.3) is 0 Å². The number of likely N-dealkylation sites (tertiary alicyclic amines) is 1. The number of phenolic OH excluding ortho intramolecular Hbond substituents is 3. The van der Waals surface area contributed by atoms with Crippen LogP contribution in [0.3, 0.4) is 0 Å². The molecule has 1 aliphatic rings. The predicted molar refractivity (Wildman–Crippen MR) is 92.1 cm³/mol. The van der Waals surface area contributed by atoms with Crippen LogP contribution in [0.2, 0.25) is 0 Å². The van der Waals surface area contributed by atoms with Crippen LogP contribution in [-0.4, -0.2) is 56.1 Å². The van der Waals surface area contributed by atoms with Crippen molar-refractivity contribution >= 4 is 11.8 Å². The minimum atomic E-state index is -0.664. The molecule has 0 atom stereocenters.